The van der Waals surface area contributed by atoms with E-state index in [9.17, 15) is 9.90 Å². The van der Waals surface area contributed by atoms with Gasteiger partial charge in [-0.25, -0.2) is 0 Å². The monoisotopic (exact) mass is 262 g/mol. The van der Waals surface area contributed by atoms with Gasteiger partial charge in [0.05, 0.1) is 0 Å². The highest BCUT2D eigenvalue weighted by Crippen LogP contribution is 2.24. The van der Waals surface area contributed by atoms with Crippen molar-refractivity contribution < 1.29 is 9.90 Å². The second kappa shape index (κ2) is 6.06. The van der Waals surface area contributed by atoms with Crippen LogP contribution >= 0.6 is 0 Å². The topological polar surface area (TPSA) is 75.4 Å². The molecule has 19 heavy (non-hydrogen) atoms. The number of nitrogen functional groups attached to an aromatic ring is 1. The zero-order valence-corrected chi connectivity index (χ0v) is 11.4. The number of aryl methyl sites for hydroxylation is 1. The molecule has 1 saturated carbocycles. The lowest BCUT2D eigenvalue weighted by atomic mass is 9.85. The number of carbonyl (C=O) groups is 1. The van der Waals surface area contributed by atoms with Crippen molar-refractivity contribution in [3.05, 3.63) is 29.3 Å². The van der Waals surface area contributed by atoms with Crippen LogP contribution in [0.1, 0.15) is 41.6 Å². The molecule has 4 nitrogen and oxygen atoms in total. The van der Waals surface area contributed by atoms with E-state index >= 15 is 0 Å². The van der Waals surface area contributed by atoms with Crippen molar-refractivity contribution in [2.24, 2.45) is 5.92 Å². The van der Waals surface area contributed by atoms with E-state index in [0.29, 0.717) is 11.3 Å². The minimum Gasteiger partial charge on any atom is -0.399 e. The van der Waals surface area contributed by atoms with Crippen molar-refractivity contribution in [2.75, 3.05) is 12.3 Å². The maximum atomic E-state index is 12.3. The van der Waals surface area contributed by atoms with Gasteiger partial charge in [0.15, 0.2) is 0 Å². The highest BCUT2D eigenvalue weighted by atomic mass is 16.3. The first-order valence-corrected chi connectivity index (χ1v) is 6.89. The standard InChI is InChI=1S/C15H22N2O2/c1-10-8-12(16)6-7-13(10)15(19)17-14-5-3-2-4-11(14)9-18/h6-8,11,14,18H,2-5,9,16H2,1H3,(H,17,19). The third kappa shape index (κ3) is 3.26. The molecule has 1 aliphatic rings. The van der Waals surface area contributed by atoms with E-state index in [-0.39, 0.29) is 24.5 Å². The molecule has 0 aromatic heterocycles. The van der Waals surface area contributed by atoms with Crippen molar-refractivity contribution in [3.8, 4) is 0 Å². The first kappa shape index (κ1) is 13.9. The van der Waals surface area contributed by atoms with Crippen LogP contribution in [0.5, 0.6) is 0 Å². The molecule has 1 fully saturated rings. The number of nitrogens with one attached hydrogen (secondary N) is 1. The van der Waals surface area contributed by atoms with E-state index in [1.54, 1.807) is 18.2 Å². The first-order chi connectivity index (χ1) is 9.11. The lowest BCUT2D eigenvalue weighted by Gasteiger charge is -2.31. The normalized spacial score (nSPS) is 23.1. The Hall–Kier alpha value is -1.55. The third-order valence-electron chi connectivity index (χ3n) is 3.96. The number of nitrogens with two attached hydrogens (primary N) is 1. The van der Waals surface area contributed by atoms with Gasteiger partial charge in [-0.05, 0) is 43.5 Å². The minimum absolute atomic E-state index is 0.0668. The van der Waals surface area contributed by atoms with Crippen molar-refractivity contribution in [1.29, 1.82) is 0 Å². The first-order valence-electron chi connectivity index (χ1n) is 6.89. The smallest absolute Gasteiger partial charge is 0.251 e. The van der Waals surface area contributed by atoms with E-state index in [4.69, 9.17) is 5.73 Å². The fraction of sp³-hybridized carbons (Fsp3) is 0.533. The number of carbonyl (C=O) groups excluding carboxylic acids is 1. The molecule has 1 aromatic rings. The van der Waals surface area contributed by atoms with Gasteiger partial charge in [0.25, 0.3) is 5.91 Å². The molecule has 2 atom stereocenters. The van der Waals surface area contributed by atoms with Gasteiger partial charge in [-0.1, -0.05) is 12.8 Å². The summed E-state index contributed by atoms with van der Waals surface area (Å²) >= 11 is 0. The summed E-state index contributed by atoms with van der Waals surface area (Å²) in [5.41, 5.74) is 7.90. The van der Waals surface area contributed by atoms with Gasteiger partial charge in [0, 0.05) is 29.8 Å². The van der Waals surface area contributed by atoms with Crippen LogP contribution in [-0.4, -0.2) is 23.7 Å². The van der Waals surface area contributed by atoms with Crippen molar-refractivity contribution in [3.63, 3.8) is 0 Å². The van der Waals surface area contributed by atoms with Gasteiger partial charge in [-0.3, -0.25) is 4.79 Å². The molecule has 0 saturated heterocycles. The van der Waals surface area contributed by atoms with Crippen LogP contribution in [0.3, 0.4) is 0 Å². The summed E-state index contributed by atoms with van der Waals surface area (Å²) < 4.78 is 0. The zero-order chi connectivity index (χ0) is 13.8. The molecule has 104 valence electrons. The SMILES string of the molecule is Cc1cc(N)ccc1C(=O)NC1CCCCC1CO. The number of hydrogen-bond acceptors (Lipinski definition) is 3. The molecular weight excluding hydrogens is 240 g/mol. The van der Waals surface area contributed by atoms with Gasteiger partial charge in [-0.2, -0.15) is 0 Å². The maximum absolute atomic E-state index is 12.3. The predicted molar refractivity (Wildman–Crippen MR) is 75.9 cm³/mol. The molecule has 0 radical (unpaired) electrons. The molecule has 0 spiro atoms. The Morgan fingerprint density at radius 2 is 2.16 bits per heavy atom. The van der Waals surface area contributed by atoms with Crippen LogP contribution in [0.15, 0.2) is 18.2 Å². The fourth-order valence-corrected chi connectivity index (χ4v) is 2.80. The number of amides is 1. The third-order valence-corrected chi connectivity index (χ3v) is 3.96. The van der Waals surface area contributed by atoms with E-state index in [1.165, 1.54) is 0 Å². The van der Waals surface area contributed by atoms with E-state index in [2.05, 4.69) is 5.32 Å². The molecule has 0 aliphatic heterocycles. The Kier molecular flexibility index (Phi) is 4.43. The van der Waals surface area contributed by atoms with Gasteiger partial charge in [0.2, 0.25) is 0 Å². The largest absolute Gasteiger partial charge is 0.399 e. The summed E-state index contributed by atoms with van der Waals surface area (Å²) in [5.74, 6) is 0.120. The van der Waals surface area contributed by atoms with Crippen molar-refractivity contribution in [2.45, 2.75) is 38.6 Å². The predicted octanol–water partition coefficient (Wildman–Crippen LogP) is 1.86. The van der Waals surface area contributed by atoms with Gasteiger partial charge in [0.1, 0.15) is 0 Å². The van der Waals surface area contributed by atoms with Crippen LogP contribution in [0.2, 0.25) is 0 Å². The molecule has 2 unspecified atom stereocenters. The Labute approximate surface area is 114 Å². The zero-order valence-electron chi connectivity index (χ0n) is 11.4. The summed E-state index contributed by atoms with van der Waals surface area (Å²) in [6, 6.07) is 5.39. The summed E-state index contributed by atoms with van der Waals surface area (Å²) in [6.45, 7) is 2.03. The number of rotatable bonds is 3. The molecule has 2 rings (SSSR count). The summed E-state index contributed by atoms with van der Waals surface area (Å²) in [5, 5.41) is 12.4. The Bertz CT molecular complexity index is 459. The van der Waals surface area contributed by atoms with Crippen molar-refractivity contribution >= 4 is 11.6 Å². The molecule has 4 heteroatoms. The molecule has 0 heterocycles. The molecular formula is C15H22N2O2. The van der Waals surface area contributed by atoms with Crippen LogP contribution in [-0.2, 0) is 0 Å². The second-order valence-corrected chi connectivity index (χ2v) is 5.38. The van der Waals surface area contributed by atoms with E-state index < -0.39 is 0 Å². The number of aliphatic hydroxyl groups excluding tert-OH is 1. The summed E-state index contributed by atoms with van der Waals surface area (Å²) in [7, 11) is 0. The summed E-state index contributed by atoms with van der Waals surface area (Å²) in [6.07, 6.45) is 4.19. The minimum atomic E-state index is -0.0668. The van der Waals surface area contributed by atoms with Crippen LogP contribution in [0.4, 0.5) is 5.69 Å². The van der Waals surface area contributed by atoms with Crippen LogP contribution in [0, 0.1) is 12.8 Å². The second-order valence-electron chi connectivity index (χ2n) is 5.38. The Morgan fingerprint density at radius 3 is 2.84 bits per heavy atom. The highest BCUT2D eigenvalue weighted by Gasteiger charge is 2.26. The fourth-order valence-electron chi connectivity index (χ4n) is 2.80. The molecule has 0 bridgehead atoms. The maximum Gasteiger partial charge on any atom is 0.251 e. The lowest BCUT2D eigenvalue weighted by molar-refractivity contribution is 0.0872. The average Bonchev–Trinajstić information content (AvgIpc) is 2.39. The van der Waals surface area contributed by atoms with Crippen LogP contribution in [0.25, 0.3) is 0 Å². The van der Waals surface area contributed by atoms with Gasteiger partial charge < -0.3 is 16.2 Å². The van der Waals surface area contributed by atoms with Gasteiger partial charge >= 0.3 is 0 Å². The molecule has 1 aliphatic carbocycles. The van der Waals surface area contributed by atoms with Crippen molar-refractivity contribution in [1.82, 2.24) is 5.32 Å². The molecule has 4 N–H and O–H groups in total. The highest BCUT2D eigenvalue weighted by molar-refractivity contribution is 5.96. The van der Waals surface area contributed by atoms with Gasteiger partial charge in [-0.15, -0.1) is 0 Å². The number of anilines is 1. The number of hydrogen-bond donors (Lipinski definition) is 3. The Balaban J connectivity index is 2.07. The number of benzene rings is 1. The molecule has 1 aromatic carbocycles. The van der Waals surface area contributed by atoms with E-state index in [0.717, 1.165) is 31.2 Å². The Morgan fingerprint density at radius 1 is 1.42 bits per heavy atom. The molecule has 1 amide bonds. The quantitative estimate of drug-likeness (QED) is 0.728. The summed E-state index contributed by atoms with van der Waals surface area (Å²) in [4.78, 5) is 12.3. The van der Waals surface area contributed by atoms with E-state index in [1.807, 2.05) is 6.92 Å². The van der Waals surface area contributed by atoms with Crippen LogP contribution < -0.4 is 11.1 Å². The lowest BCUT2D eigenvalue weighted by Crippen LogP contribution is -2.43. The average molecular weight is 262 g/mol. The number of aliphatic hydroxyl groups is 1.